The average molecular weight is 522 g/mol. The molecule has 1 aliphatic rings. The molecule has 1 aliphatic heterocycles. The number of benzene rings is 2. The molecule has 2 aromatic carbocycles. The number of alkyl halides is 3. The summed E-state index contributed by atoms with van der Waals surface area (Å²) in [5.74, 6) is -0.751. The van der Waals surface area contributed by atoms with E-state index in [1.807, 2.05) is 20.8 Å². The lowest BCUT2D eigenvalue weighted by Crippen LogP contribution is -2.50. The van der Waals surface area contributed by atoms with Crippen molar-refractivity contribution in [3.05, 3.63) is 47.9 Å². The average Bonchev–Trinajstić information content (AvgIpc) is 2.82. The zero-order chi connectivity index (χ0) is 27.0. The molecular formula is C25H27F4N5O3. The lowest BCUT2D eigenvalue weighted by atomic mass is 10.1. The molecule has 0 radical (unpaired) electrons. The molecule has 37 heavy (non-hydrogen) atoms. The van der Waals surface area contributed by atoms with Crippen LogP contribution in [0, 0.1) is 5.82 Å². The Hall–Kier alpha value is -3.83. The molecule has 0 saturated carbocycles. The van der Waals surface area contributed by atoms with E-state index in [-0.39, 0.29) is 17.6 Å². The Morgan fingerprint density at radius 1 is 1.00 bits per heavy atom. The van der Waals surface area contributed by atoms with Gasteiger partial charge in [-0.2, -0.15) is 13.2 Å². The van der Waals surface area contributed by atoms with Crippen LogP contribution in [-0.4, -0.2) is 59.9 Å². The predicted octanol–water partition coefficient (Wildman–Crippen LogP) is 5.60. The number of methoxy groups -OCH3 is 1. The van der Waals surface area contributed by atoms with Gasteiger partial charge in [-0.3, -0.25) is 0 Å². The quantitative estimate of drug-likeness (QED) is 0.448. The van der Waals surface area contributed by atoms with Crippen molar-refractivity contribution in [1.82, 2.24) is 14.9 Å². The largest absolute Gasteiger partial charge is 0.494 e. The molecule has 0 spiro atoms. The Labute approximate surface area is 211 Å². The van der Waals surface area contributed by atoms with Crippen molar-refractivity contribution in [2.24, 2.45) is 0 Å². The molecule has 1 saturated heterocycles. The summed E-state index contributed by atoms with van der Waals surface area (Å²) in [5.41, 5.74) is -0.691. The van der Waals surface area contributed by atoms with Gasteiger partial charge in [0.05, 0.1) is 18.3 Å². The van der Waals surface area contributed by atoms with Gasteiger partial charge in [-0.05, 0) is 51.1 Å². The van der Waals surface area contributed by atoms with Crippen molar-refractivity contribution in [3.63, 3.8) is 0 Å². The number of hydrogen-bond donors (Lipinski definition) is 1. The Morgan fingerprint density at radius 2 is 1.70 bits per heavy atom. The third-order valence-corrected chi connectivity index (χ3v) is 5.65. The van der Waals surface area contributed by atoms with Crippen molar-refractivity contribution in [3.8, 4) is 5.75 Å². The van der Waals surface area contributed by atoms with Gasteiger partial charge < -0.3 is 24.6 Å². The first-order valence-corrected chi connectivity index (χ1v) is 11.6. The van der Waals surface area contributed by atoms with Crippen molar-refractivity contribution >= 4 is 34.3 Å². The lowest BCUT2D eigenvalue weighted by molar-refractivity contribution is -0.139. The van der Waals surface area contributed by atoms with Crippen LogP contribution in [0.1, 0.15) is 26.5 Å². The van der Waals surface area contributed by atoms with Gasteiger partial charge in [0.2, 0.25) is 5.95 Å². The van der Waals surface area contributed by atoms with Crippen LogP contribution in [0.25, 0.3) is 10.9 Å². The van der Waals surface area contributed by atoms with E-state index in [4.69, 9.17) is 9.47 Å². The minimum atomic E-state index is -4.80. The van der Waals surface area contributed by atoms with Gasteiger partial charge in [0.25, 0.3) is 0 Å². The Bertz CT molecular complexity index is 1300. The second-order valence-corrected chi connectivity index (χ2v) is 9.52. The summed E-state index contributed by atoms with van der Waals surface area (Å²) in [6, 6.07) is 8.16. The number of rotatable bonds is 4. The highest BCUT2D eigenvalue weighted by atomic mass is 19.4. The van der Waals surface area contributed by atoms with E-state index in [0.717, 1.165) is 17.8 Å². The summed E-state index contributed by atoms with van der Waals surface area (Å²) in [6.07, 6.45) is -5.17. The van der Waals surface area contributed by atoms with E-state index in [0.29, 0.717) is 37.6 Å². The molecule has 0 unspecified atom stereocenters. The van der Waals surface area contributed by atoms with E-state index < -0.39 is 28.7 Å². The Balaban J connectivity index is 1.53. The number of carbonyl (C=O) groups is 1. The number of carbonyl (C=O) groups excluding carboxylic acids is 1. The van der Waals surface area contributed by atoms with Crippen LogP contribution in [0.4, 0.5) is 39.7 Å². The van der Waals surface area contributed by atoms with Crippen molar-refractivity contribution in [2.75, 3.05) is 43.5 Å². The summed E-state index contributed by atoms with van der Waals surface area (Å²) in [5, 5.41) is 2.36. The standard InChI is InChI=1S/C25H27F4N5O3/c1-24(2,3)37-23(35)34-11-9-33(10-12-34)16-6-8-19(20(14-16)36-4)31-22-30-18-7-5-15(26)13-17(18)21(32-22)25(27,28)29/h5-8,13-14H,9-12H2,1-4H3,(H,30,31,32). The fourth-order valence-electron chi connectivity index (χ4n) is 3.95. The van der Waals surface area contributed by atoms with Crippen LogP contribution in [-0.2, 0) is 10.9 Å². The van der Waals surface area contributed by atoms with Crippen LogP contribution < -0.4 is 15.0 Å². The molecule has 4 rings (SSSR count). The number of nitrogens with zero attached hydrogens (tertiary/aromatic N) is 4. The van der Waals surface area contributed by atoms with E-state index in [1.165, 1.54) is 13.2 Å². The molecule has 198 valence electrons. The van der Waals surface area contributed by atoms with Gasteiger partial charge in [0.15, 0.2) is 5.69 Å². The van der Waals surface area contributed by atoms with E-state index in [9.17, 15) is 22.4 Å². The van der Waals surface area contributed by atoms with Gasteiger partial charge in [0, 0.05) is 43.3 Å². The molecule has 0 aliphatic carbocycles. The zero-order valence-corrected chi connectivity index (χ0v) is 20.8. The maximum Gasteiger partial charge on any atom is 0.434 e. The minimum Gasteiger partial charge on any atom is -0.494 e. The van der Waals surface area contributed by atoms with E-state index in [2.05, 4.69) is 20.2 Å². The molecule has 0 bridgehead atoms. The van der Waals surface area contributed by atoms with E-state index in [1.54, 1.807) is 23.1 Å². The molecule has 1 aromatic heterocycles. The minimum absolute atomic E-state index is 0.0512. The van der Waals surface area contributed by atoms with E-state index >= 15 is 0 Å². The molecule has 1 amide bonds. The maximum atomic E-state index is 13.6. The topological polar surface area (TPSA) is 79.8 Å². The first kappa shape index (κ1) is 26.2. The molecule has 1 fully saturated rings. The van der Waals surface area contributed by atoms with Gasteiger partial charge in [-0.15, -0.1) is 0 Å². The molecule has 12 heteroatoms. The summed E-state index contributed by atoms with van der Waals surface area (Å²) in [6.45, 7) is 7.52. The number of aromatic nitrogens is 2. The second-order valence-electron chi connectivity index (χ2n) is 9.52. The lowest BCUT2D eigenvalue weighted by Gasteiger charge is -2.37. The van der Waals surface area contributed by atoms with Gasteiger partial charge in [0.1, 0.15) is 17.2 Å². The highest BCUT2D eigenvalue weighted by Gasteiger charge is 2.36. The smallest absolute Gasteiger partial charge is 0.434 e. The number of halogens is 4. The number of piperazine rings is 1. The monoisotopic (exact) mass is 521 g/mol. The first-order valence-electron chi connectivity index (χ1n) is 11.6. The third kappa shape index (κ3) is 6.12. The molecule has 0 atom stereocenters. The van der Waals surface area contributed by atoms with Crippen LogP contribution in [0.5, 0.6) is 5.75 Å². The molecule has 1 N–H and O–H groups in total. The van der Waals surface area contributed by atoms with Gasteiger partial charge >= 0.3 is 12.3 Å². The molecule has 2 heterocycles. The first-order chi connectivity index (χ1) is 17.3. The van der Waals surface area contributed by atoms with Crippen molar-refractivity contribution in [2.45, 2.75) is 32.5 Å². The maximum absolute atomic E-state index is 13.6. The summed E-state index contributed by atoms with van der Waals surface area (Å²) in [4.78, 5) is 23.8. The zero-order valence-electron chi connectivity index (χ0n) is 20.8. The third-order valence-electron chi connectivity index (χ3n) is 5.65. The fraction of sp³-hybridized carbons (Fsp3) is 0.400. The van der Waals surface area contributed by atoms with Crippen LogP contribution >= 0.6 is 0 Å². The number of anilines is 3. The summed E-state index contributed by atoms with van der Waals surface area (Å²) < 4.78 is 65.4. The Morgan fingerprint density at radius 3 is 2.32 bits per heavy atom. The van der Waals surface area contributed by atoms with Crippen LogP contribution in [0.15, 0.2) is 36.4 Å². The van der Waals surface area contributed by atoms with Crippen LogP contribution in [0.3, 0.4) is 0 Å². The number of fused-ring (bicyclic) bond motifs is 1. The van der Waals surface area contributed by atoms with Gasteiger partial charge in [-0.1, -0.05) is 0 Å². The SMILES string of the molecule is COc1cc(N2CCN(C(=O)OC(C)(C)C)CC2)ccc1Nc1nc(C(F)(F)F)c2cc(F)ccc2n1. The normalized spacial score (nSPS) is 14.6. The predicted molar refractivity (Wildman–Crippen MR) is 131 cm³/mol. The number of nitrogens with one attached hydrogen (secondary N) is 1. The summed E-state index contributed by atoms with van der Waals surface area (Å²) >= 11 is 0. The van der Waals surface area contributed by atoms with Gasteiger partial charge in [-0.25, -0.2) is 19.2 Å². The highest BCUT2D eigenvalue weighted by Crippen LogP contribution is 2.36. The summed E-state index contributed by atoms with van der Waals surface area (Å²) in [7, 11) is 1.44. The van der Waals surface area contributed by atoms with Crippen molar-refractivity contribution in [1.29, 1.82) is 0 Å². The number of amides is 1. The van der Waals surface area contributed by atoms with Crippen LogP contribution in [0.2, 0.25) is 0 Å². The van der Waals surface area contributed by atoms with Crippen molar-refractivity contribution < 1.29 is 31.8 Å². The Kier molecular flexibility index (Phi) is 7.03. The fourth-order valence-corrected chi connectivity index (χ4v) is 3.95. The number of ether oxygens (including phenoxy) is 2. The second kappa shape index (κ2) is 9.91. The molecule has 3 aromatic rings. The number of hydrogen-bond acceptors (Lipinski definition) is 7. The highest BCUT2D eigenvalue weighted by molar-refractivity contribution is 5.83. The molecular weight excluding hydrogens is 494 g/mol. The molecule has 8 nitrogen and oxygen atoms in total.